The van der Waals surface area contributed by atoms with E-state index in [0.29, 0.717) is 5.92 Å². The third-order valence-electron chi connectivity index (χ3n) is 6.42. The highest BCUT2D eigenvalue weighted by Gasteiger charge is 2.65. The van der Waals surface area contributed by atoms with Crippen molar-refractivity contribution in [1.29, 1.82) is 0 Å². The summed E-state index contributed by atoms with van der Waals surface area (Å²) in [5, 5.41) is 10.7. The molecule has 2 aliphatic carbocycles. The molecule has 0 aromatic heterocycles. The van der Waals surface area contributed by atoms with Crippen LogP contribution in [0.4, 0.5) is 0 Å². The Morgan fingerprint density at radius 1 is 1.35 bits per heavy atom. The first-order valence-corrected chi connectivity index (χ1v) is 8.43. The maximum Gasteiger partial charge on any atom is 0.0980 e. The Morgan fingerprint density at radius 3 is 2.80 bits per heavy atom. The lowest BCUT2D eigenvalue weighted by molar-refractivity contribution is -0.139. The summed E-state index contributed by atoms with van der Waals surface area (Å²) in [5.74, 6) is 0.644. The minimum absolute atomic E-state index is 0.0415. The second-order valence-corrected chi connectivity index (χ2v) is 8.04. The van der Waals surface area contributed by atoms with Gasteiger partial charge in [0.25, 0.3) is 0 Å². The summed E-state index contributed by atoms with van der Waals surface area (Å²) >= 11 is 0. The Morgan fingerprint density at radius 2 is 2.10 bits per heavy atom. The van der Waals surface area contributed by atoms with Crippen LogP contribution in [0, 0.1) is 11.3 Å². The van der Waals surface area contributed by atoms with Crippen molar-refractivity contribution in [3.8, 4) is 0 Å². The van der Waals surface area contributed by atoms with E-state index in [1.165, 1.54) is 24.8 Å². The average Bonchev–Trinajstić information content (AvgIpc) is 2.59. The SMILES string of the molecule is CCCC(O)C1=CCCC2(C)CCC3CC12OC3(C)C. The van der Waals surface area contributed by atoms with E-state index in [1.807, 2.05) is 0 Å². The van der Waals surface area contributed by atoms with Crippen molar-refractivity contribution in [2.75, 3.05) is 0 Å². The molecule has 2 fully saturated rings. The molecule has 2 heteroatoms. The molecule has 0 amide bonds. The monoisotopic (exact) mass is 278 g/mol. The number of aliphatic hydroxyl groups is 1. The van der Waals surface area contributed by atoms with E-state index in [-0.39, 0.29) is 22.7 Å². The van der Waals surface area contributed by atoms with Crippen LogP contribution in [-0.2, 0) is 4.74 Å². The third kappa shape index (κ3) is 1.84. The molecule has 1 saturated heterocycles. The lowest BCUT2D eigenvalue weighted by Crippen LogP contribution is -2.54. The molecule has 0 aromatic rings. The van der Waals surface area contributed by atoms with Crippen molar-refractivity contribution in [2.24, 2.45) is 11.3 Å². The standard InChI is InChI=1S/C18H30O2/c1-5-7-15(19)14-8-6-10-17(4)11-9-13-12-18(14,17)20-16(13,2)3/h8,13,15,19H,5-7,9-12H2,1-4H3. The molecule has 0 radical (unpaired) electrons. The van der Waals surface area contributed by atoms with Crippen LogP contribution in [-0.4, -0.2) is 22.4 Å². The van der Waals surface area contributed by atoms with Gasteiger partial charge in [-0.15, -0.1) is 0 Å². The van der Waals surface area contributed by atoms with Crippen molar-refractivity contribution in [2.45, 2.75) is 89.9 Å². The highest BCUT2D eigenvalue weighted by Crippen LogP contribution is 2.65. The van der Waals surface area contributed by atoms with Gasteiger partial charge in [0.2, 0.25) is 0 Å². The van der Waals surface area contributed by atoms with E-state index >= 15 is 0 Å². The lowest BCUT2D eigenvalue weighted by Gasteiger charge is -2.53. The van der Waals surface area contributed by atoms with Crippen LogP contribution in [0.5, 0.6) is 0 Å². The first-order valence-electron chi connectivity index (χ1n) is 8.43. The fraction of sp³-hybridized carbons (Fsp3) is 0.889. The van der Waals surface area contributed by atoms with Crippen LogP contribution < -0.4 is 0 Å². The van der Waals surface area contributed by atoms with Gasteiger partial charge < -0.3 is 9.84 Å². The van der Waals surface area contributed by atoms with Crippen LogP contribution in [0.1, 0.15) is 72.6 Å². The molecule has 3 aliphatic rings. The van der Waals surface area contributed by atoms with Gasteiger partial charge in [0.15, 0.2) is 0 Å². The van der Waals surface area contributed by atoms with E-state index in [1.54, 1.807) is 0 Å². The van der Waals surface area contributed by atoms with Crippen molar-refractivity contribution < 1.29 is 9.84 Å². The molecule has 114 valence electrons. The van der Waals surface area contributed by atoms with Crippen molar-refractivity contribution in [3.05, 3.63) is 11.6 Å². The van der Waals surface area contributed by atoms with Gasteiger partial charge in [0.05, 0.1) is 17.3 Å². The largest absolute Gasteiger partial charge is 0.389 e. The van der Waals surface area contributed by atoms with Gasteiger partial charge in [-0.1, -0.05) is 26.3 Å². The number of aliphatic hydroxyl groups excluding tert-OH is 1. The molecule has 1 spiro atoms. The van der Waals surface area contributed by atoms with Gasteiger partial charge in [-0.05, 0) is 63.9 Å². The Hall–Kier alpha value is -0.340. The molecule has 2 bridgehead atoms. The van der Waals surface area contributed by atoms with Crippen molar-refractivity contribution in [1.82, 2.24) is 0 Å². The number of rotatable bonds is 3. The van der Waals surface area contributed by atoms with Crippen LogP contribution in [0.25, 0.3) is 0 Å². The summed E-state index contributed by atoms with van der Waals surface area (Å²) in [6.07, 6.45) is 9.82. The van der Waals surface area contributed by atoms with E-state index in [0.717, 1.165) is 25.7 Å². The molecule has 4 atom stereocenters. The first-order chi connectivity index (χ1) is 9.35. The van der Waals surface area contributed by atoms with Crippen molar-refractivity contribution >= 4 is 0 Å². The Bertz CT molecular complexity index is 425. The molecule has 2 nitrogen and oxygen atoms in total. The molecule has 4 unspecified atom stereocenters. The Labute approximate surface area is 123 Å². The number of ether oxygens (including phenoxy) is 1. The minimum Gasteiger partial charge on any atom is -0.389 e. The second kappa shape index (κ2) is 4.58. The highest BCUT2D eigenvalue weighted by molar-refractivity contribution is 5.33. The number of fused-ring (bicyclic) bond motifs is 1. The van der Waals surface area contributed by atoms with Gasteiger partial charge in [-0.3, -0.25) is 0 Å². The zero-order valence-corrected chi connectivity index (χ0v) is 13.5. The first kappa shape index (κ1) is 14.6. The summed E-state index contributed by atoms with van der Waals surface area (Å²) in [6.45, 7) is 9.04. The van der Waals surface area contributed by atoms with Gasteiger partial charge in [0.1, 0.15) is 0 Å². The maximum absolute atomic E-state index is 10.7. The molecule has 1 heterocycles. The van der Waals surface area contributed by atoms with E-state index in [4.69, 9.17) is 4.74 Å². The third-order valence-corrected chi connectivity index (χ3v) is 6.42. The Kier molecular flexibility index (Phi) is 3.34. The summed E-state index contributed by atoms with van der Waals surface area (Å²) in [6, 6.07) is 0. The predicted molar refractivity (Wildman–Crippen MR) is 81.6 cm³/mol. The average molecular weight is 278 g/mol. The molecular formula is C18H30O2. The molecule has 1 aliphatic heterocycles. The quantitative estimate of drug-likeness (QED) is 0.783. The van der Waals surface area contributed by atoms with E-state index in [9.17, 15) is 5.11 Å². The fourth-order valence-corrected chi connectivity index (χ4v) is 5.08. The van der Waals surface area contributed by atoms with Crippen LogP contribution in [0.3, 0.4) is 0 Å². The van der Waals surface area contributed by atoms with Crippen LogP contribution in [0.15, 0.2) is 11.6 Å². The molecule has 20 heavy (non-hydrogen) atoms. The summed E-state index contributed by atoms with van der Waals surface area (Å²) in [5.41, 5.74) is 1.20. The summed E-state index contributed by atoms with van der Waals surface area (Å²) in [4.78, 5) is 0. The van der Waals surface area contributed by atoms with Crippen LogP contribution >= 0.6 is 0 Å². The maximum atomic E-state index is 10.7. The smallest absolute Gasteiger partial charge is 0.0980 e. The van der Waals surface area contributed by atoms with Gasteiger partial charge in [-0.2, -0.15) is 0 Å². The van der Waals surface area contributed by atoms with Gasteiger partial charge in [-0.25, -0.2) is 0 Å². The van der Waals surface area contributed by atoms with Crippen LogP contribution in [0.2, 0.25) is 0 Å². The molecule has 0 aromatic carbocycles. The number of allylic oxidation sites excluding steroid dienone is 1. The topological polar surface area (TPSA) is 29.5 Å². The zero-order valence-electron chi connectivity index (χ0n) is 13.5. The highest BCUT2D eigenvalue weighted by atomic mass is 16.5. The molecule has 1 saturated carbocycles. The number of hydrogen-bond donors (Lipinski definition) is 1. The Balaban J connectivity index is 2.03. The van der Waals surface area contributed by atoms with E-state index < -0.39 is 0 Å². The molecule has 3 rings (SSSR count). The molecular weight excluding hydrogens is 248 g/mol. The van der Waals surface area contributed by atoms with Gasteiger partial charge >= 0.3 is 0 Å². The summed E-state index contributed by atoms with van der Waals surface area (Å²) in [7, 11) is 0. The predicted octanol–water partition coefficient (Wildman–Crippen LogP) is 4.22. The van der Waals surface area contributed by atoms with Gasteiger partial charge in [0, 0.05) is 5.41 Å². The fourth-order valence-electron chi connectivity index (χ4n) is 5.08. The normalized spacial score (nSPS) is 43.9. The van der Waals surface area contributed by atoms with Crippen molar-refractivity contribution in [3.63, 3.8) is 0 Å². The minimum atomic E-state index is -0.313. The lowest BCUT2D eigenvalue weighted by atomic mass is 9.54. The van der Waals surface area contributed by atoms with E-state index in [2.05, 4.69) is 33.8 Å². The summed E-state index contributed by atoms with van der Waals surface area (Å²) < 4.78 is 6.72. The second-order valence-electron chi connectivity index (χ2n) is 8.04. The number of hydrogen-bond acceptors (Lipinski definition) is 2. The molecule has 1 N–H and O–H groups in total. The zero-order chi connectivity index (χ0) is 14.6.